The van der Waals surface area contributed by atoms with Gasteiger partial charge in [-0.2, -0.15) is 13.2 Å². The monoisotopic (exact) mass is 274 g/mol. The molecule has 3 nitrogen and oxygen atoms in total. The number of benzene rings is 1. The average molecular weight is 274 g/mol. The van der Waals surface area contributed by atoms with E-state index in [1.807, 2.05) is 0 Å². The molecule has 6 heteroatoms. The molecule has 0 aliphatic rings. The second-order valence-electron chi connectivity index (χ2n) is 3.90. The summed E-state index contributed by atoms with van der Waals surface area (Å²) in [4.78, 5) is 10.5. The molecule has 104 valence electrons. The lowest BCUT2D eigenvalue weighted by Crippen LogP contribution is -2.06. The predicted octanol–water partition coefficient (Wildman–Crippen LogP) is 3.59. The smallest absolute Gasteiger partial charge is 0.416 e. The van der Waals surface area contributed by atoms with Gasteiger partial charge in [0, 0.05) is 5.56 Å². The van der Waals surface area contributed by atoms with Gasteiger partial charge in [-0.15, -0.1) is 0 Å². The first-order valence-corrected chi connectivity index (χ1v) is 5.40. The Morgan fingerprint density at radius 2 is 2.05 bits per heavy atom. The summed E-state index contributed by atoms with van der Waals surface area (Å²) >= 11 is 0. The number of aliphatic carboxylic acids is 1. The third-order valence-electron chi connectivity index (χ3n) is 2.53. The molecule has 0 amide bonds. The zero-order valence-corrected chi connectivity index (χ0v) is 10.4. The van der Waals surface area contributed by atoms with Crippen LogP contribution in [0.5, 0.6) is 5.75 Å². The highest BCUT2D eigenvalue weighted by molar-refractivity contribution is 5.75. The number of ether oxygens (including phenoxy) is 1. The lowest BCUT2D eigenvalue weighted by atomic mass is 10.0. The quantitative estimate of drug-likeness (QED) is 0.912. The molecule has 19 heavy (non-hydrogen) atoms. The lowest BCUT2D eigenvalue weighted by molar-refractivity contribution is -0.138. The first-order chi connectivity index (χ1) is 8.75. The molecule has 0 saturated carbocycles. The van der Waals surface area contributed by atoms with E-state index >= 15 is 0 Å². The zero-order valence-electron chi connectivity index (χ0n) is 10.4. The molecule has 0 aliphatic carbocycles. The Hall–Kier alpha value is -1.98. The molecule has 1 aromatic rings. The number of hydrogen-bond donors (Lipinski definition) is 1. The van der Waals surface area contributed by atoms with Crippen LogP contribution in [-0.2, 0) is 11.0 Å². The van der Waals surface area contributed by atoms with Gasteiger partial charge in [-0.05, 0) is 30.7 Å². The molecule has 0 atom stereocenters. The van der Waals surface area contributed by atoms with E-state index in [1.165, 1.54) is 19.3 Å². The van der Waals surface area contributed by atoms with Crippen LogP contribution in [0.2, 0.25) is 0 Å². The minimum atomic E-state index is -4.45. The fraction of sp³-hybridized carbons (Fsp3) is 0.308. The molecule has 0 unspecified atom stereocenters. The number of carboxylic acids is 1. The molecule has 0 fully saturated rings. The molecule has 0 heterocycles. The van der Waals surface area contributed by atoms with Crippen molar-refractivity contribution in [1.29, 1.82) is 0 Å². The van der Waals surface area contributed by atoms with E-state index in [1.54, 1.807) is 6.92 Å². The van der Waals surface area contributed by atoms with E-state index in [0.29, 0.717) is 5.57 Å². The molecule has 1 aromatic carbocycles. The summed E-state index contributed by atoms with van der Waals surface area (Å²) in [7, 11) is 1.34. The Morgan fingerprint density at radius 1 is 1.42 bits per heavy atom. The van der Waals surface area contributed by atoms with Gasteiger partial charge in [-0.1, -0.05) is 6.08 Å². The topological polar surface area (TPSA) is 46.5 Å². The van der Waals surface area contributed by atoms with Gasteiger partial charge < -0.3 is 9.84 Å². The third-order valence-corrected chi connectivity index (χ3v) is 2.53. The minimum absolute atomic E-state index is 0.235. The van der Waals surface area contributed by atoms with Gasteiger partial charge in [0.1, 0.15) is 5.75 Å². The molecule has 1 rings (SSSR count). The molecule has 1 N–H and O–H groups in total. The van der Waals surface area contributed by atoms with Gasteiger partial charge in [0.05, 0.1) is 19.1 Å². The summed E-state index contributed by atoms with van der Waals surface area (Å²) in [6.07, 6.45) is -3.36. The third kappa shape index (κ3) is 4.01. The van der Waals surface area contributed by atoms with Gasteiger partial charge in [-0.3, -0.25) is 4.79 Å². The molecule has 0 spiro atoms. The van der Waals surface area contributed by atoms with Crippen molar-refractivity contribution in [3.63, 3.8) is 0 Å². The minimum Gasteiger partial charge on any atom is -0.496 e. The summed E-state index contributed by atoms with van der Waals surface area (Å²) in [6.45, 7) is 1.54. The maximum Gasteiger partial charge on any atom is 0.416 e. The van der Waals surface area contributed by atoms with E-state index < -0.39 is 17.7 Å². The first-order valence-electron chi connectivity index (χ1n) is 5.40. The SMILES string of the molecule is COc1ccc(C(F)(F)F)cc1/C(C)=C/CC(=O)O. The standard InChI is InChI=1S/C13H13F3O3/c1-8(3-6-12(17)18)10-7-9(13(14,15)16)4-5-11(10)19-2/h3-5,7H,6H2,1-2H3,(H,17,18)/b8-3+. The number of carboxylic acid groups (broad SMARTS) is 1. The fourth-order valence-corrected chi connectivity index (χ4v) is 1.54. The highest BCUT2D eigenvalue weighted by Gasteiger charge is 2.31. The number of allylic oxidation sites excluding steroid dienone is 1. The summed E-state index contributed by atoms with van der Waals surface area (Å²) < 4.78 is 42.9. The number of hydrogen-bond acceptors (Lipinski definition) is 2. The molecule has 0 saturated heterocycles. The summed E-state index contributed by atoms with van der Waals surface area (Å²) in [5.74, 6) is -0.780. The molecule has 0 bridgehead atoms. The van der Waals surface area contributed by atoms with Gasteiger partial charge in [0.2, 0.25) is 0 Å². The van der Waals surface area contributed by atoms with E-state index in [9.17, 15) is 18.0 Å². The number of halogens is 3. The highest BCUT2D eigenvalue weighted by atomic mass is 19.4. The van der Waals surface area contributed by atoms with Crippen LogP contribution in [0, 0.1) is 0 Å². The van der Waals surface area contributed by atoms with Gasteiger partial charge in [0.25, 0.3) is 0 Å². The van der Waals surface area contributed by atoms with Crippen LogP contribution in [-0.4, -0.2) is 18.2 Å². The van der Waals surface area contributed by atoms with Crippen LogP contribution >= 0.6 is 0 Å². The highest BCUT2D eigenvalue weighted by Crippen LogP contribution is 2.35. The van der Waals surface area contributed by atoms with Crippen molar-refractivity contribution in [3.05, 3.63) is 35.4 Å². The van der Waals surface area contributed by atoms with Crippen molar-refractivity contribution in [2.45, 2.75) is 19.5 Å². The molecular formula is C13H13F3O3. The van der Waals surface area contributed by atoms with E-state index in [4.69, 9.17) is 9.84 Å². The number of alkyl halides is 3. The average Bonchev–Trinajstić information content (AvgIpc) is 2.33. The maximum absolute atomic E-state index is 12.6. The maximum atomic E-state index is 12.6. The van der Waals surface area contributed by atoms with Gasteiger partial charge in [0.15, 0.2) is 0 Å². The summed E-state index contributed by atoms with van der Waals surface area (Å²) in [5.41, 5.74) is -0.143. The number of carbonyl (C=O) groups is 1. The normalized spacial score (nSPS) is 12.4. The van der Waals surface area contributed by atoms with Crippen molar-refractivity contribution < 1.29 is 27.8 Å². The van der Waals surface area contributed by atoms with Crippen LogP contribution in [0.3, 0.4) is 0 Å². The molecule has 0 aliphatic heterocycles. The van der Waals surface area contributed by atoms with Crippen LogP contribution in [0.1, 0.15) is 24.5 Å². The van der Waals surface area contributed by atoms with Crippen molar-refractivity contribution in [2.75, 3.05) is 7.11 Å². The predicted molar refractivity (Wildman–Crippen MR) is 63.9 cm³/mol. The number of rotatable bonds is 4. The van der Waals surface area contributed by atoms with Crippen molar-refractivity contribution >= 4 is 11.5 Å². The Morgan fingerprint density at radius 3 is 2.53 bits per heavy atom. The van der Waals surface area contributed by atoms with Gasteiger partial charge >= 0.3 is 12.1 Å². The Bertz CT molecular complexity index is 504. The van der Waals surface area contributed by atoms with Crippen molar-refractivity contribution in [1.82, 2.24) is 0 Å². The van der Waals surface area contributed by atoms with Crippen LogP contribution in [0.4, 0.5) is 13.2 Å². The van der Waals surface area contributed by atoms with Crippen LogP contribution in [0.25, 0.3) is 5.57 Å². The van der Waals surface area contributed by atoms with E-state index in [2.05, 4.69) is 0 Å². The van der Waals surface area contributed by atoms with Crippen LogP contribution in [0.15, 0.2) is 24.3 Å². The van der Waals surface area contributed by atoms with Gasteiger partial charge in [-0.25, -0.2) is 0 Å². The summed E-state index contributed by atoms with van der Waals surface area (Å²) in [5, 5.41) is 8.56. The Kier molecular flexibility index (Phi) is 4.58. The van der Waals surface area contributed by atoms with Crippen molar-refractivity contribution in [2.24, 2.45) is 0 Å². The van der Waals surface area contributed by atoms with Crippen molar-refractivity contribution in [3.8, 4) is 5.75 Å². The zero-order chi connectivity index (χ0) is 14.6. The number of methoxy groups -OCH3 is 1. The molecule has 0 radical (unpaired) electrons. The van der Waals surface area contributed by atoms with E-state index in [0.717, 1.165) is 12.1 Å². The molecular weight excluding hydrogens is 261 g/mol. The fourth-order valence-electron chi connectivity index (χ4n) is 1.54. The van der Waals surface area contributed by atoms with E-state index in [-0.39, 0.29) is 17.7 Å². The first kappa shape index (κ1) is 15.1. The largest absolute Gasteiger partial charge is 0.496 e. The lowest BCUT2D eigenvalue weighted by Gasteiger charge is -2.13. The van der Waals surface area contributed by atoms with Crippen LogP contribution < -0.4 is 4.74 Å². The summed E-state index contributed by atoms with van der Waals surface area (Å²) in [6, 6.07) is 3.09. The Labute approximate surface area is 108 Å². The second-order valence-corrected chi connectivity index (χ2v) is 3.90. The molecule has 0 aromatic heterocycles. The Balaban J connectivity index is 3.23. The second kappa shape index (κ2) is 5.77.